The average molecular weight is 485 g/mol. The second-order valence-electron chi connectivity index (χ2n) is 5.88. The smallest absolute Gasteiger partial charge is 0.188 e. The van der Waals surface area contributed by atoms with E-state index in [2.05, 4.69) is 10.3 Å². The number of nitrogens with two attached hydrogens (primary N) is 1. The van der Waals surface area contributed by atoms with Gasteiger partial charge in [-0.05, 0) is 29.7 Å². The molecule has 0 bridgehead atoms. The lowest BCUT2D eigenvalue weighted by Crippen LogP contribution is -2.33. The largest absolute Gasteiger partial charge is 0.493 e. The van der Waals surface area contributed by atoms with Crippen LogP contribution in [0.25, 0.3) is 0 Å². The first kappa shape index (κ1) is 23.0. The van der Waals surface area contributed by atoms with Gasteiger partial charge in [-0.3, -0.25) is 4.99 Å². The topological polar surface area (TPSA) is 89.1 Å². The highest BCUT2D eigenvalue weighted by atomic mass is 127. The van der Waals surface area contributed by atoms with Gasteiger partial charge in [0.05, 0.1) is 27.4 Å². The molecule has 1 atom stereocenters. The van der Waals surface area contributed by atoms with E-state index in [0.717, 1.165) is 17.5 Å². The van der Waals surface area contributed by atoms with E-state index in [1.165, 1.54) is 0 Å². The van der Waals surface area contributed by atoms with Crippen LogP contribution < -0.4 is 20.5 Å². The van der Waals surface area contributed by atoms with Gasteiger partial charge in [-0.1, -0.05) is 36.4 Å². The number of aliphatic hydroxyl groups excluding tert-OH is 1. The SMILES string of the molecule is COc1ccc(CCNC(N)=NCC(CO)c2ccccc2)cc1OC.I. The molecule has 2 aromatic carbocycles. The number of aliphatic hydroxyl groups is 1. The number of hydrogen-bond acceptors (Lipinski definition) is 4. The zero-order valence-corrected chi connectivity index (χ0v) is 18.1. The molecule has 0 saturated heterocycles. The Morgan fingerprint density at radius 1 is 1.11 bits per heavy atom. The highest BCUT2D eigenvalue weighted by molar-refractivity contribution is 14.0. The van der Waals surface area contributed by atoms with Crippen LogP contribution in [0.5, 0.6) is 11.5 Å². The molecule has 0 aliphatic carbocycles. The van der Waals surface area contributed by atoms with Gasteiger partial charge in [-0.15, -0.1) is 24.0 Å². The van der Waals surface area contributed by atoms with Crippen LogP contribution in [-0.2, 0) is 6.42 Å². The molecule has 7 heteroatoms. The van der Waals surface area contributed by atoms with Crippen molar-refractivity contribution in [3.63, 3.8) is 0 Å². The van der Waals surface area contributed by atoms with Crippen LogP contribution >= 0.6 is 24.0 Å². The quantitative estimate of drug-likeness (QED) is 0.289. The highest BCUT2D eigenvalue weighted by Gasteiger charge is 2.09. The minimum absolute atomic E-state index is 0. The second kappa shape index (κ2) is 12.4. The van der Waals surface area contributed by atoms with Crippen LogP contribution in [0.4, 0.5) is 0 Å². The number of guanidine groups is 1. The van der Waals surface area contributed by atoms with Gasteiger partial charge < -0.3 is 25.6 Å². The van der Waals surface area contributed by atoms with E-state index in [1.807, 2.05) is 48.5 Å². The number of nitrogens with one attached hydrogen (secondary N) is 1. The first-order chi connectivity index (χ1) is 12.7. The molecule has 0 spiro atoms. The summed E-state index contributed by atoms with van der Waals surface area (Å²) in [6, 6.07) is 15.6. The van der Waals surface area contributed by atoms with Crippen molar-refractivity contribution in [2.75, 3.05) is 33.9 Å². The van der Waals surface area contributed by atoms with Crippen LogP contribution in [0.2, 0.25) is 0 Å². The Labute approximate surface area is 177 Å². The number of rotatable bonds is 9. The molecular formula is C20H28IN3O3. The first-order valence-corrected chi connectivity index (χ1v) is 8.58. The van der Waals surface area contributed by atoms with Gasteiger partial charge in [0.25, 0.3) is 0 Å². The predicted octanol–water partition coefficient (Wildman–Crippen LogP) is 2.54. The third kappa shape index (κ3) is 7.26. The van der Waals surface area contributed by atoms with Crippen LogP contribution in [0.15, 0.2) is 53.5 Å². The lowest BCUT2D eigenvalue weighted by Gasteiger charge is -2.13. The molecule has 1 unspecified atom stereocenters. The summed E-state index contributed by atoms with van der Waals surface area (Å²) in [7, 11) is 3.24. The molecule has 4 N–H and O–H groups in total. The zero-order chi connectivity index (χ0) is 18.8. The number of aliphatic imine (C=N–C) groups is 1. The van der Waals surface area contributed by atoms with Gasteiger partial charge in [0.1, 0.15) is 0 Å². The van der Waals surface area contributed by atoms with Crippen molar-refractivity contribution in [1.82, 2.24) is 5.32 Å². The summed E-state index contributed by atoms with van der Waals surface area (Å²) < 4.78 is 10.5. The highest BCUT2D eigenvalue weighted by Crippen LogP contribution is 2.27. The van der Waals surface area contributed by atoms with E-state index in [1.54, 1.807) is 14.2 Å². The lowest BCUT2D eigenvalue weighted by atomic mass is 10.0. The second-order valence-corrected chi connectivity index (χ2v) is 5.88. The fraction of sp³-hybridized carbons (Fsp3) is 0.350. The van der Waals surface area contributed by atoms with Gasteiger partial charge in [-0.25, -0.2) is 0 Å². The van der Waals surface area contributed by atoms with Gasteiger partial charge in [0, 0.05) is 12.5 Å². The van der Waals surface area contributed by atoms with E-state index < -0.39 is 0 Å². The van der Waals surface area contributed by atoms with Crippen LogP contribution in [-0.4, -0.2) is 45.0 Å². The number of methoxy groups -OCH3 is 2. The molecule has 0 heterocycles. The van der Waals surface area contributed by atoms with E-state index in [-0.39, 0.29) is 36.5 Å². The molecule has 6 nitrogen and oxygen atoms in total. The number of nitrogens with zero attached hydrogens (tertiary/aromatic N) is 1. The number of benzene rings is 2. The lowest BCUT2D eigenvalue weighted by molar-refractivity contribution is 0.268. The average Bonchev–Trinajstić information content (AvgIpc) is 2.69. The number of ether oxygens (including phenoxy) is 2. The van der Waals surface area contributed by atoms with E-state index in [4.69, 9.17) is 15.2 Å². The van der Waals surface area contributed by atoms with Crippen LogP contribution in [0, 0.1) is 0 Å². The molecule has 27 heavy (non-hydrogen) atoms. The summed E-state index contributed by atoms with van der Waals surface area (Å²) >= 11 is 0. The van der Waals surface area contributed by atoms with Crippen molar-refractivity contribution in [3.8, 4) is 11.5 Å². The fourth-order valence-electron chi connectivity index (χ4n) is 2.63. The monoisotopic (exact) mass is 485 g/mol. The predicted molar refractivity (Wildman–Crippen MR) is 119 cm³/mol. The van der Waals surface area contributed by atoms with E-state index in [9.17, 15) is 5.11 Å². The maximum atomic E-state index is 9.56. The summed E-state index contributed by atoms with van der Waals surface area (Å²) in [4.78, 5) is 4.34. The van der Waals surface area contributed by atoms with Gasteiger partial charge in [-0.2, -0.15) is 0 Å². The third-order valence-electron chi connectivity index (χ3n) is 4.14. The molecular weight excluding hydrogens is 457 g/mol. The molecule has 2 aromatic rings. The molecule has 0 aromatic heterocycles. The standard InChI is InChI=1S/C20H27N3O3.HI/c1-25-18-9-8-15(12-19(18)26-2)10-11-22-20(21)23-13-17(14-24)16-6-4-3-5-7-16;/h3-9,12,17,24H,10-11,13-14H2,1-2H3,(H3,21,22,23);1H. The maximum absolute atomic E-state index is 9.56. The summed E-state index contributed by atoms with van der Waals surface area (Å²) in [6.45, 7) is 1.13. The Kier molecular flexibility index (Phi) is 10.6. The van der Waals surface area contributed by atoms with Gasteiger partial charge in [0.15, 0.2) is 17.5 Å². The Morgan fingerprint density at radius 3 is 2.44 bits per heavy atom. The van der Waals surface area contributed by atoms with E-state index in [0.29, 0.717) is 30.5 Å². The zero-order valence-electron chi connectivity index (χ0n) is 15.7. The molecule has 2 rings (SSSR count). The third-order valence-corrected chi connectivity index (χ3v) is 4.14. The molecule has 0 aliphatic rings. The molecule has 0 aliphatic heterocycles. The minimum Gasteiger partial charge on any atom is -0.493 e. The van der Waals surface area contributed by atoms with Crippen molar-refractivity contribution in [1.29, 1.82) is 0 Å². The van der Waals surface area contributed by atoms with E-state index >= 15 is 0 Å². The summed E-state index contributed by atoms with van der Waals surface area (Å²) in [5.74, 6) is 1.74. The van der Waals surface area contributed by atoms with Gasteiger partial charge in [0.2, 0.25) is 0 Å². The normalized spacial score (nSPS) is 12.0. The van der Waals surface area contributed by atoms with Gasteiger partial charge >= 0.3 is 0 Å². The van der Waals surface area contributed by atoms with Crippen molar-refractivity contribution in [2.45, 2.75) is 12.3 Å². The Balaban J connectivity index is 0.00000364. The molecule has 0 fully saturated rings. The fourth-order valence-corrected chi connectivity index (χ4v) is 2.63. The first-order valence-electron chi connectivity index (χ1n) is 8.58. The number of halogens is 1. The van der Waals surface area contributed by atoms with Crippen LogP contribution in [0.3, 0.4) is 0 Å². The van der Waals surface area contributed by atoms with Crippen molar-refractivity contribution < 1.29 is 14.6 Å². The van der Waals surface area contributed by atoms with Crippen molar-refractivity contribution in [2.24, 2.45) is 10.7 Å². The Morgan fingerprint density at radius 2 is 1.81 bits per heavy atom. The Hall–Kier alpha value is -2.00. The van der Waals surface area contributed by atoms with Crippen LogP contribution in [0.1, 0.15) is 17.0 Å². The van der Waals surface area contributed by atoms with Crippen molar-refractivity contribution in [3.05, 3.63) is 59.7 Å². The maximum Gasteiger partial charge on any atom is 0.188 e. The molecule has 0 saturated carbocycles. The number of hydrogen-bond donors (Lipinski definition) is 3. The molecule has 0 radical (unpaired) electrons. The summed E-state index contributed by atoms with van der Waals surface area (Å²) in [5.41, 5.74) is 8.10. The molecule has 0 amide bonds. The minimum atomic E-state index is -0.0533. The van der Waals surface area contributed by atoms with Crippen molar-refractivity contribution >= 4 is 29.9 Å². The Bertz CT molecular complexity index is 711. The molecule has 148 valence electrons. The summed E-state index contributed by atoms with van der Waals surface area (Å²) in [5, 5.41) is 12.7. The summed E-state index contributed by atoms with van der Waals surface area (Å²) in [6.07, 6.45) is 0.776.